The van der Waals surface area contributed by atoms with Crippen molar-refractivity contribution in [1.82, 2.24) is 4.90 Å². The van der Waals surface area contributed by atoms with Crippen molar-refractivity contribution in [2.75, 3.05) is 26.8 Å². The maximum atomic E-state index is 11.9. The molecule has 1 saturated heterocycles. The fourth-order valence-electron chi connectivity index (χ4n) is 2.38. The van der Waals surface area contributed by atoms with Crippen LogP contribution >= 0.6 is 0 Å². The quantitative estimate of drug-likeness (QED) is 0.702. The Kier molecular flexibility index (Phi) is 6.72. The topological polar surface area (TPSA) is 66.8 Å². The summed E-state index contributed by atoms with van der Waals surface area (Å²) in [6.07, 6.45) is 4.19. The number of carbonyl (C=O) groups is 2. The third-order valence-corrected chi connectivity index (χ3v) is 3.38. The zero-order valence-corrected chi connectivity index (χ0v) is 11.1. The zero-order valence-electron chi connectivity index (χ0n) is 11.1. The molecule has 18 heavy (non-hydrogen) atoms. The maximum absolute atomic E-state index is 11.9. The molecule has 1 atom stereocenters. The zero-order chi connectivity index (χ0) is 13.4. The molecule has 0 saturated carbocycles. The van der Waals surface area contributed by atoms with E-state index in [-0.39, 0.29) is 12.3 Å². The predicted molar refractivity (Wildman–Crippen MR) is 67.3 cm³/mol. The number of carboxylic acid groups (broad SMARTS) is 1. The van der Waals surface area contributed by atoms with Crippen molar-refractivity contribution in [3.05, 3.63) is 0 Å². The Morgan fingerprint density at radius 2 is 2.17 bits per heavy atom. The highest BCUT2D eigenvalue weighted by Crippen LogP contribution is 2.21. The minimum atomic E-state index is -0.751. The molecule has 5 heteroatoms. The number of piperidine rings is 1. The summed E-state index contributed by atoms with van der Waals surface area (Å²) in [6.45, 7) is 2.15. The third-order valence-electron chi connectivity index (χ3n) is 3.38. The summed E-state index contributed by atoms with van der Waals surface area (Å²) in [5.41, 5.74) is 0. The Bertz CT molecular complexity index is 280. The molecule has 0 bridgehead atoms. The van der Waals surface area contributed by atoms with Gasteiger partial charge in [-0.25, -0.2) is 0 Å². The lowest BCUT2D eigenvalue weighted by atomic mass is 9.93. The van der Waals surface area contributed by atoms with Crippen molar-refractivity contribution in [1.29, 1.82) is 0 Å². The Morgan fingerprint density at radius 1 is 1.39 bits per heavy atom. The van der Waals surface area contributed by atoms with E-state index in [0.717, 1.165) is 32.4 Å². The molecule has 1 aliphatic rings. The number of rotatable bonds is 7. The molecule has 1 rings (SSSR count). The monoisotopic (exact) mass is 257 g/mol. The van der Waals surface area contributed by atoms with Gasteiger partial charge in [-0.3, -0.25) is 9.59 Å². The molecule has 0 unspecified atom stereocenters. The Hall–Kier alpha value is -1.10. The van der Waals surface area contributed by atoms with E-state index in [0.29, 0.717) is 25.4 Å². The van der Waals surface area contributed by atoms with Gasteiger partial charge in [-0.15, -0.1) is 0 Å². The van der Waals surface area contributed by atoms with E-state index in [9.17, 15) is 9.59 Å². The fraction of sp³-hybridized carbons (Fsp3) is 0.846. The predicted octanol–water partition coefficient (Wildman–Crippen LogP) is 1.52. The second kappa shape index (κ2) is 8.08. The first-order chi connectivity index (χ1) is 8.63. The minimum Gasteiger partial charge on any atom is -0.481 e. The standard InChI is InChI=1S/C13H23NO4/c1-18-9-3-5-12(15)14-8-2-4-11(10-14)6-7-13(16)17/h11H,2-10H2,1H3,(H,16,17)/t11-/m0/s1. The van der Waals surface area contributed by atoms with Crippen LogP contribution in [0.15, 0.2) is 0 Å². The Balaban J connectivity index is 2.28. The van der Waals surface area contributed by atoms with Gasteiger partial charge in [-0.05, 0) is 31.6 Å². The van der Waals surface area contributed by atoms with Gasteiger partial charge in [0.1, 0.15) is 0 Å². The van der Waals surface area contributed by atoms with Gasteiger partial charge in [0.15, 0.2) is 0 Å². The normalized spacial score (nSPS) is 19.8. The van der Waals surface area contributed by atoms with Gasteiger partial charge in [0, 0.05) is 39.6 Å². The molecule has 5 nitrogen and oxygen atoms in total. The number of nitrogens with zero attached hydrogens (tertiary/aromatic N) is 1. The van der Waals surface area contributed by atoms with E-state index in [1.807, 2.05) is 4.90 Å². The molecule has 1 fully saturated rings. The smallest absolute Gasteiger partial charge is 0.303 e. The highest BCUT2D eigenvalue weighted by molar-refractivity contribution is 5.76. The Labute approximate surface area is 108 Å². The molecule has 1 heterocycles. The SMILES string of the molecule is COCCCC(=O)N1CCC[C@@H](CCC(=O)O)C1. The molecule has 1 amide bonds. The van der Waals surface area contributed by atoms with Gasteiger partial charge in [0.2, 0.25) is 5.91 Å². The average Bonchev–Trinajstić information content (AvgIpc) is 2.37. The van der Waals surface area contributed by atoms with E-state index in [4.69, 9.17) is 9.84 Å². The summed E-state index contributed by atoms with van der Waals surface area (Å²) in [4.78, 5) is 24.3. The van der Waals surface area contributed by atoms with Crippen LogP contribution in [0.3, 0.4) is 0 Å². The largest absolute Gasteiger partial charge is 0.481 e. The lowest BCUT2D eigenvalue weighted by Crippen LogP contribution is -2.40. The number of hydrogen-bond donors (Lipinski definition) is 1. The molecule has 0 radical (unpaired) electrons. The lowest BCUT2D eigenvalue weighted by molar-refractivity contribution is -0.137. The van der Waals surface area contributed by atoms with E-state index in [1.165, 1.54) is 0 Å². The van der Waals surface area contributed by atoms with Crippen molar-refractivity contribution < 1.29 is 19.4 Å². The van der Waals surface area contributed by atoms with Crippen LogP contribution in [0.1, 0.15) is 38.5 Å². The highest BCUT2D eigenvalue weighted by Gasteiger charge is 2.23. The third kappa shape index (κ3) is 5.49. The molecular formula is C13H23NO4. The molecule has 0 aromatic heterocycles. The number of carbonyl (C=O) groups excluding carboxylic acids is 1. The van der Waals surface area contributed by atoms with Crippen LogP contribution < -0.4 is 0 Å². The van der Waals surface area contributed by atoms with Crippen LogP contribution in [0, 0.1) is 5.92 Å². The van der Waals surface area contributed by atoms with Crippen LogP contribution in [-0.2, 0) is 14.3 Å². The fourth-order valence-corrected chi connectivity index (χ4v) is 2.38. The number of carboxylic acids is 1. The van der Waals surface area contributed by atoms with Gasteiger partial charge in [-0.1, -0.05) is 0 Å². The van der Waals surface area contributed by atoms with Crippen LogP contribution in [0.4, 0.5) is 0 Å². The minimum absolute atomic E-state index is 0.173. The van der Waals surface area contributed by atoms with Gasteiger partial charge in [-0.2, -0.15) is 0 Å². The number of ether oxygens (including phenoxy) is 1. The first-order valence-corrected chi connectivity index (χ1v) is 6.62. The number of methoxy groups -OCH3 is 1. The second-order valence-electron chi connectivity index (χ2n) is 4.88. The summed E-state index contributed by atoms with van der Waals surface area (Å²) in [6, 6.07) is 0. The van der Waals surface area contributed by atoms with Crippen molar-refractivity contribution in [2.45, 2.75) is 38.5 Å². The van der Waals surface area contributed by atoms with Gasteiger partial charge in [0.25, 0.3) is 0 Å². The molecule has 0 spiro atoms. The maximum Gasteiger partial charge on any atom is 0.303 e. The van der Waals surface area contributed by atoms with E-state index in [2.05, 4.69) is 0 Å². The molecule has 0 aromatic rings. The van der Waals surface area contributed by atoms with E-state index >= 15 is 0 Å². The average molecular weight is 257 g/mol. The summed E-state index contributed by atoms with van der Waals surface area (Å²) < 4.78 is 4.93. The van der Waals surface area contributed by atoms with Crippen molar-refractivity contribution >= 4 is 11.9 Å². The number of aliphatic carboxylic acids is 1. The van der Waals surface area contributed by atoms with Crippen molar-refractivity contribution in [2.24, 2.45) is 5.92 Å². The number of hydrogen-bond acceptors (Lipinski definition) is 3. The first kappa shape index (κ1) is 15.0. The van der Waals surface area contributed by atoms with Crippen LogP contribution in [0.2, 0.25) is 0 Å². The second-order valence-corrected chi connectivity index (χ2v) is 4.88. The van der Waals surface area contributed by atoms with E-state index < -0.39 is 5.97 Å². The van der Waals surface area contributed by atoms with Gasteiger partial charge in [0.05, 0.1) is 0 Å². The molecule has 0 aliphatic carbocycles. The van der Waals surface area contributed by atoms with Crippen molar-refractivity contribution in [3.8, 4) is 0 Å². The van der Waals surface area contributed by atoms with E-state index in [1.54, 1.807) is 7.11 Å². The van der Waals surface area contributed by atoms with Crippen molar-refractivity contribution in [3.63, 3.8) is 0 Å². The van der Waals surface area contributed by atoms with Gasteiger partial charge >= 0.3 is 5.97 Å². The van der Waals surface area contributed by atoms with Gasteiger partial charge < -0.3 is 14.7 Å². The van der Waals surface area contributed by atoms with Crippen LogP contribution in [0.5, 0.6) is 0 Å². The molecule has 1 aliphatic heterocycles. The molecule has 1 N–H and O–H groups in total. The molecule has 0 aromatic carbocycles. The Morgan fingerprint density at radius 3 is 2.83 bits per heavy atom. The lowest BCUT2D eigenvalue weighted by Gasteiger charge is -2.32. The molecular weight excluding hydrogens is 234 g/mol. The summed E-state index contributed by atoms with van der Waals surface area (Å²) in [7, 11) is 1.63. The van der Waals surface area contributed by atoms with Crippen LogP contribution in [0.25, 0.3) is 0 Å². The number of likely N-dealkylation sites (tertiary alicyclic amines) is 1. The summed E-state index contributed by atoms with van der Waals surface area (Å²) in [5.74, 6) is -0.230. The summed E-state index contributed by atoms with van der Waals surface area (Å²) in [5, 5.41) is 8.67. The highest BCUT2D eigenvalue weighted by atomic mass is 16.5. The summed E-state index contributed by atoms with van der Waals surface area (Å²) >= 11 is 0. The molecule has 104 valence electrons. The van der Waals surface area contributed by atoms with Crippen LogP contribution in [-0.4, -0.2) is 48.7 Å². The number of amides is 1. The first-order valence-electron chi connectivity index (χ1n) is 6.62.